The van der Waals surface area contributed by atoms with E-state index in [2.05, 4.69) is 16.3 Å². The van der Waals surface area contributed by atoms with E-state index in [9.17, 15) is 10.1 Å². The largest absolute Gasteiger partial charge is 0.347 e. The van der Waals surface area contributed by atoms with Gasteiger partial charge in [-0.25, -0.2) is 0 Å². The highest BCUT2D eigenvalue weighted by atomic mass is 16.2. The van der Waals surface area contributed by atoms with Gasteiger partial charge in [-0.3, -0.25) is 9.69 Å². The first-order valence-corrected chi connectivity index (χ1v) is 7.24. The number of likely N-dealkylation sites (N-methyl/N-ethyl adjacent to an activating group) is 1. The molecule has 1 saturated heterocycles. The maximum Gasteiger partial charge on any atom is 0.240 e. The van der Waals surface area contributed by atoms with Crippen LogP contribution in [0, 0.1) is 11.3 Å². The highest BCUT2D eigenvalue weighted by Crippen LogP contribution is 2.27. The quantitative estimate of drug-likeness (QED) is 0.897. The summed E-state index contributed by atoms with van der Waals surface area (Å²) in [6.07, 6.45) is 0.390. The van der Waals surface area contributed by atoms with Crippen molar-refractivity contribution >= 4 is 5.91 Å². The summed E-state index contributed by atoms with van der Waals surface area (Å²) in [5, 5.41) is 12.5. The fourth-order valence-corrected chi connectivity index (χ4v) is 2.81. The number of nitrogens with zero attached hydrogens (tertiary/aromatic N) is 3. The Balaban J connectivity index is 2.28. The van der Waals surface area contributed by atoms with Gasteiger partial charge < -0.3 is 10.2 Å². The number of rotatable bonds is 4. The molecule has 0 saturated carbocycles. The third-order valence-electron chi connectivity index (χ3n) is 3.88. The van der Waals surface area contributed by atoms with Crippen molar-refractivity contribution in [2.45, 2.75) is 18.5 Å². The van der Waals surface area contributed by atoms with E-state index in [-0.39, 0.29) is 18.0 Å². The lowest BCUT2D eigenvalue weighted by molar-refractivity contribution is -0.136. The third kappa shape index (κ3) is 3.60. The van der Waals surface area contributed by atoms with Crippen LogP contribution in [0.5, 0.6) is 0 Å². The van der Waals surface area contributed by atoms with E-state index in [1.807, 2.05) is 30.3 Å². The van der Waals surface area contributed by atoms with Gasteiger partial charge in [0.05, 0.1) is 12.5 Å². The zero-order valence-corrected chi connectivity index (χ0v) is 12.6. The number of carbonyl (C=O) groups excluding carboxylic acids is 1. The van der Waals surface area contributed by atoms with Crippen LogP contribution in [0.4, 0.5) is 0 Å². The van der Waals surface area contributed by atoms with Gasteiger partial charge in [0.1, 0.15) is 6.04 Å². The van der Waals surface area contributed by atoms with E-state index in [1.165, 1.54) is 0 Å². The zero-order chi connectivity index (χ0) is 15.2. The number of nitriles is 1. The fourth-order valence-electron chi connectivity index (χ4n) is 2.81. The number of nitrogens with one attached hydrogen (secondary N) is 1. The Labute approximate surface area is 126 Å². The molecule has 0 spiro atoms. The molecule has 1 aliphatic heterocycles. The van der Waals surface area contributed by atoms with Gasteiger partial charge in [-0.15, -0.1) is 0 Å². The summed E-state index contributed by atoms with van der Waals surface area (Å²) in [7, 11) is 3.55. The Hall–Kier alpha value is -1.90. The lowest BCUT2D eigenvalue weighted by Gasteiger charge is -2.41. The van der Waals surface area contributed by atoms with E-state index >= 15 is 0 Å². The molecule has 1 aromatic rings. The van der Waals surface area contributed by atoms with Crippen LogP contribution >= 0.6 is 0 Å². The van der Waals surface area contributed by atoms with E-state index < -0.39 is 0 Å². The molecule has 5 nitrogen and oxygen atoms in total. The number of carbonyl (C=O) groups is 1. The SMILES string of the molecule is CN(C)C(=O)C1CNCCN1C(CC#N)c1ccccc1. The van der Waals surface area contributed by atoms with Crippen LogP contribution < -0.4 is 5.32 Å². The number of benzene rings is 1. The summed E-state index contributed by atoms with van der Waals surface area (Å²) in [5.41, 5.74) is 1.09. The van der Waals surface area contributed by atoms with Gasteiger partial charge >= 0.3 is 0 Å². The minimum Gasteiger partial charge on any atom is -0.347 e. The Morgan fingerprint density at radius 1 is 1.48 bits per heavy atom. The molecule has 112 valence electrons. The van der Waals surface area contributed by atoms with Gasteiger partial charge in [-0.05, 0) is 5.56 Å². The van der Waals surface area contributed by atoms with Crippen LogP contribution in [0.3, 0.4) is 0 Å². The summed E-state index contributed by atoms with van der Waals surface area (Å²) >= 11 is 0. The highest BCUT2D eigenvalue weighted by molar-refractivity contribution is 5.81. The molecular formula is C16H22N4O. The van der Waals surface area contributed by atoms with Crippen LogP contribution in [0.1, 0.15) is 18.0 Å². The topological polar surface area (TPSA) is 59.4 Å². The first kappa shape index (κ1) is 15.5. The van der Waals surface area contributed by atoms with Crippen molar-refractivity contribution in [2.24, 2.45) is 0 Å². The maximum absolute atomic E-state index is 12.4. The first-order chi connectivity index (χ1) is 10.1. The number of hydrogen-bond acceptors (Lipinski definition) is 4. The molecule has 1 N–H and O–H groups in total. The van der Waals surface area contributed by atoms with Gasteiger partial charge in [-0.1, -0.05) is 30.3 Å². The molecule has 5 heteroatoms. The summed E-state index contributed by atoms with van der Waals surface area (Å²) in [5.74, 6) is 0.0843. The lowest BCUT2D eigenvalue weighted by Crippen LogP contribution is -2.58. The second-order valence-corrected chi connectivity index (χ2v) is 5.48. The van der Waals surface area contributed by atoms with Crippen molar-refractivity contribution in [2.75, 3.05) is 33.7 Å². The molecule has 1 fully saturated rings. The van der Waals surface area contributed by atoms with Crippen molar-refractivity contribution in [3.63, 3.8) is 0 Å². The average molecular weight is 286 g/mol. The van der Waals surface area contributed by atoms with E-state index in [4.69, 9.17) is 0 Å². The second kappa shape index (κ2) is 7.21. The predicted molar refractivity (Wildman–Crippen MR) is 81.5 cm³/mol. The van der Waals surface area contributed by atoms with Crippen LogP contribution in [-0.2, 0) is 4.79 Å². The van der Waals surface area contributed by atoms with Gasteiger partial charge in [-0.2, -0.15) is 5.26 Å². The summed E-state index contributed by atoms with van der Waals surface area (Å²) in [6, 6.07) is 12.0. The summed E-state index contributed by atoms with van der Waals surface area (Å²) < 4.78 is 0. The minimum atomic E-state index is -0.215. The average Bonchev–Trinajstić information content (AvgIpc) is 2.52. The predicted octanol–water partition coefficient (Wildman–Crippen LogP) is 1.00. The Morgan fingerprint density at radius 2 is 2.19 bits per heavy atom. The van der Waals surface area contributed by atoms with Crippen molar-refractivity contribution in [1.82, 2.24) is 15.1 Å². The maximum atomic E-state index is 12.4. The third-order valence-corrected chi connectivity index (χ3v) is 3.88. The molecular weight excluding hydrogens is 264 g/mol. The molecule has 2 rings (SSSR count). The molecule has 21 heavy (non-hydrogen) atoms. The van der Waals surface area contributed by atoms with Crippen molar-refractivity contribution in [3.05, 3.63) is 35.9 Å². The second-order valence-electron chi connectivity index (χ2n) is 5.48. The van der Waals surface area contributed by atoms with Gasteiger partial charge in [0.25, 0.3) is 0 Å². The molecule has 1 aromatic carbocycles. The molecule has 2 unspecified atom stereocenters. The van der Waals surface area contributed by atoms with Crippen molar-refractivity contribution in [1.29, 1.82) is 5.26 Å². The first-order valence-electron chi connectivity index (χ1n) is 7.24. The van der Waals surface area contributed by atoms with Gasteiger partial charge in [0.15, 0.2) is 0 Å². The molecule has 2 atom stereocenters. The van der Waals surface area contributed by atoms with Crippen molar-refractivity contribution < 1.29 is 4.79 Å². The van der Waals surface area contributed by atoms with Crippen LogP contribution in [0.25, 0.3) is 0 Å². The Bertz CT molecular complexity index is 509. The van der Waals surface area contributed by atoms with Crippen molar-refractivity contribution in [3.8, 4) is 6.07 Å². The number of piperazine rings is 1. The normalized spacial score (nSPS) is 20.5. The molecule has 1 aliphatic rings. The number of amides is 1. The Kier molecular flexibility index (Phi) is 5.32. The molecule has 0 radical (unpaired) electrons. The smallest absolute Gasteiger partial charge is 0.240 e. The van der Waals surface area contributed by atoms with E-state index in [1.54, 1.807) is 19.0 Å². The zero-order valence-electron chi connectivity index (χ0n) is 12.6. The molecule has 0 aromatic heterocycles. The molecule has 0 bridgehead atoms. The summed E-state index contributed by atoms with van der Waals surface area (Å²) in [4.78, 5) is 16.2. The summed E-state index contributed by atoms with van der Waals surface area (Å²) in [6.45, 7) is 2.24. The standard InChI is InChI=1S/C16H22N4O/c1-19(2)16(21)15-12-18-10-11-20(15)14(8-9-17)13-6-4-3-5-7-13/h3-7,14-15,18H,8,10-12H2,1-2H3. The fraction of sp³-hybridized carbons (Fsp3) is 0.500. The highest BCUT2D eigenvalue weighted by Gasteiger charge is 2.34. The van der Waals surface area contributed by atoms with Crippen LogP contribution in [0.2, 0.25) is 0 Å². The lowest BCUT2D eigenvalue weighted by atomic mass is 9.99. The van der Waals surface area contributed by atoms with Gasteiger partial charge in [0.2, 0.25) is 5.91 Å². The molecule has 1 amide bonds. The Morgan fingerprint density at radius 3 is 2.81 bits per heavy atom. The van der Waals surface area contributed by atoms with Crippen LogP contribution in [0.15, 0.2) is 30.3 Å². The van der Waals surface area contributed by atoms with E-state index in [0.717, 1.165) is 18.7 Å². The molecule has 1 heterocycles. The van der Waals surface area contributed by atoms with Gasteiger partial charge in [0, 0.05) is 39.8 Å². The minimum absolute atomic E-state index is 0.0350. The number of hydrogen-bond donors (Lipinski definition) is 1. The van der Waals surface area contributed by atoms with Crippen LogP contribution in [-0.4, -0.2) is 55.5 Å². The van der Waals surface area contributed by atoms with E-state index in [0.29, 0.717) is 13.0 Å². The molecule has 0 aliphatic carbocycles. The monoisotopic (exact) mass is 286 g/mol.